The first-order valence-electron chi connectivity index (χ1n) is 5.78. The van der Waals surface area contributed by atoms with Crippen LogP contribution in [0, 0.1) is 0 Å². The lowest BCUT2D eigenvalue weighted by atomic mass is 10.3. The van der Waals surface area contributed by atoms with Gasteiger partial charge in [-0.05, 0) is 24.6 Å². The van der Waals surface area contributed by atoms with Gasteiger partial charge in [-0.25, -0.2) is 0 Å². The molecule has 0 fully saturated rings. The van der Waals surface area contributed by atoms with Crippen molar-refractivity contribution >= 4 is 23.2 Å². The van der Waals surface area contributed by atoms with E-state index in [1.807, 2.05) is 16.8 Å². The van der Waals surface area contributed by atoms with Gasteiger partial charge in [-0.2, -0.15) is 0 Å². The third kappa shape index (κ3) is 2.71. The summed E-state index contributed by atoms with van der Waals surface area (Å²) in [5.41, 5.74) is 1.14. The zero-order valence-corrected chi connectivity index (χ0v) is 10.8. The van der Waals surface area contributed by atoms with Gasteiger partial charge in [0.15, 0.2) is 0 Å². The Morgan fingerprint density at radius 2 is 2.33 bits per heavy atom. The van der Waals surface area contributed by atoms with Crippen molar-refractivity contribution in [2.45, 2.75) is 19.9 Å². The second-order valence-corrected chi connectivity index (χ2v) is 4.30. The Morgan fingerprint density at radius 3 is 3.06 bits per heavy atom. The Bertz CT molecular complexity index is 551. The summed E-state index contributed by atoms with van der Waals surface area (Å²) in [6.07, 6.45) is 5.98. The Hall–Kier alpha value is -1.81. The average molecular weight is 264 g/mol. The molecule has 0 saturated carbocycles. The normalized spacial score (nSPS) is 10.3. The smallest absolute Gasteiger partial charge is 0.272 e. The van der Waals surface area contributed by atoms with E-state index in [1.165, 1.54) is 6.20 Å². The molecule has 2 rings (SSSR count). The molecule has 0 radical (unpaired) electrons. The van der Waals surface area contributed by atoms with Crippen LogP contribution in [-0.2, 0) is 6.54 Å². The number of aromatic nitrogens is 2. The highest BCUT2D eigenvalue weighted by molar-refractivity contribution is 6.33. The molecule has 5 heteroatoms. The van der Waals surface area contributed by atoms with Crippen molar-refractivity contribution < 1.29 is 4.79 Å². The first kappa shape index (κ1) is 12.6. The van der Waals surface area contributed by atoms with Crippen molar-refractivity contribution in [1.29, 1.82) is 0 Å². The van der Waals surface area contributed by atoms with E-state index in [1.54, 1.807) is 18.3 Å². The fourth-order valence-corrected chi connectivity index (χ4v) is 1.86. The number of hydrogen-bond donors (Lipinski definition) is 1. The highest BCUT2D eigenvalue weighted by atomic mass is 35.5. The first-order chi connectivity index (χ1) is 8.72. The largest absolute Gasteiger partial charge is 0.344 e. The van der Waals surface area contributed by atoms with Crippen LogP contribution >= 0.6 is 11.6 Å². The Morgan fingerprint density at radius 1 is 1.50 bits per heavy atom. The van der Waals surface area contributed by atoms with Gasteiger partial charge in [-0.15, -0.1) is 0 Å². The van der Waals surface area contributed by atoms with E-state index in [0.29, 0.717) is 16.4 Å². The van der Waals surface area contributed by atoms with Crippen molar-refractivity contribution in [3.63, 3.8) is 0 Å². The number of anilines is 1. The molecule has 0 aliphatic rings. The summed E-state index contributed by atoms with van der Waals surface area (Å²) in [5, 5.41) is 3.24. The lowest BCUT2D eigenvalue weighted by Gasteiger charge is -2.09. The summed E-state index contributed by atoms with van der Waals surface area (Å²) in [6.45, 7) is 2.89. The molecule has 1 N–H and O–H groups in total. The number of aryl methyl sites for hydroxylation is 1. The molecule has 4 nitrogen and oxygen atoms in total. The van der Waals surface area contributed by atoms with E-state index in [0.717, 1.165) is 13.0 Å². The molecular weight excluding hydrogens is 250 g/mol. The molecule has 0 unspecified atom stereocenters. The van der Waals surface area contributed by atoms with Crippen LogP contribution in [0.4, 0.5) is 5.69 Å². The van der Waals surface area contributed by atoms with Crippen LogP contribution in [0.5, 0.6) is 0 Å². The van der Waals surface area contributed by atoms with Gasteiger partial charge in [0.25, 0.3) is 5.91 Å². The summed E-state index contributed by atoms with van der Waals surface area (Å²) < 4.78 is 1.92. The monoisotopic (exact) mass is 263 g/mol. The van der Waals surface area contributed by atoms with Crippen LogP contribution in [0.15, 0.2) is 36.8 Å². The maximum absolute atomic E-state index is 12.1. The molecule has 94 valence electrons. The summed E-state index contributed by atoms with van der Waals surface area (Å²) in [5.74, 6) is -0.177. The molecule has 0 aliphatic heterocycles. The van der Waals surface area contributed by atoms with E-state index < -0.39 is 0 Å². The molecule has 18 heavy (non-hydrogen) atoms. The molecule has 2 aromatic heterocycles. The van der Waals surface area contributed by atoms with Crippen molar-refractivity contribution in [2.24, 2.45) is 0 Å². The number of carbonyl (C=O) groups excluding carboxylic acids is 1. The van der Waals surface area contributed by atoms with Crippen LogP contribution in [0.25, 0.3) is 0 Å². The van der Waals surface area contributed by atoms with Crippen molar-refractivity contribution in [3.8, 4) is 0 Å². The summed E-state index contributed by atoms with van der Waals surface area (Å²) >= 11 is 5.97. The number of rotatable bonds is 4. The minimum atomic E-state index is -0.177. The fourth-order valence-electron chi connectivity index (χ4n) is 1.71. The van der Waals surface area contributed by atoms with E-state index in [-0.39, 0.29) is 5.91 Å². The predicted molar refractivity (Wildman–Crippen MR) is 71.9 cm³/mol. The summed E-state index contributed by atoms with van der Waals surface area (Å²) in [7, 11) is 0. The van der Waals surface area contributed by atoms with Gasteiger partial charge >= 0.3 is 0 Å². The van der Waals surface area contributed by atoms with E-state index in [4.69, 9.17) is 11.6 Å². The maximum Gasteiger partial charge on any atom is 0.272 e. The van der Waals surface area contributed by atoms with Crippen LogP contribution in [-0.4, -0.2) is 15.5 Å². The van der Waals surface area contributed by atoms with Crippen LogP contribution < -0.4 is 5.32 Å². The number of pyridine rings is 1. The number of halogens is 1. The van der Waals surface area contributed by atoms with Crippen molar-refractivity contribution in [3.05, 3.63) is 47.5 Å². The Labute approximate surface area is 111 Å². The fraction of sp³-hybridized carbons (Fsp3) is 0.231. The van der Waals surface area contributed by atoms with Gasteiger partial charge in [0.05, 0.1) is 16.9 Å². The molecule has 2 heterocycles. The molecule has 0 atom stereocenters. The summed E-state index contributed by atoms with van der Waals surface area (Å²) in [4.78, 5) is 16.0. The number of nitrogens with one attached hydrogen (secondary N) is 1. The second-order valence-electron chi connectivity index (χ2n) is 3.90. The standard InChI is InChI=1S/C13H14ClN3O/c1-2-7-17-8-3-4-12(17)13(18)16-11-9-15-6-5-10(11)14/h3-6,8-9H,2,7H2,1H3,(H,16,18). The van der Waals surface area contributed by atoms with Gasteiger partial charge < -0.3 is 9.88 Å². The van der Waals surface area contributed by atoms with Gasteiger partial charge in [-0.1, -0.05) is 18.5 Å². The molecule has 1 amide bonds. The third-order valence-electron chi connectivity index (χ3n) is 2.54. The SMILES string of the molecule is CCCn1cccc1C(=O)Nc1cnccc1Cl. The number of amides is 1. The summed E-state index contributed by atoms with van der Waals surface area (Å²) in [6, 6.07) is 5.28. The highest BCUT2D eigenvalue weighted by Crippen LogP contribution is 2.20. The molecule has 0 spiro atoms. The van der Waals surface area contributed by atoms with E-state index >= 15 is 0 Å². The molecule has 0 saturated heterocycles. The van der Waals surface area contributed by atoms with E-state index in [2.05, 4.69) is 17.2 Å². The lowest BCUT2D eigenvalue weighted by Crippen LogP contribution is -2.17. The van der Waals surface area contributed by atoms with Crippen LogP contribution in [0.3, 0.4) is 0 Å². The topological polar surface area (TPSA) is 46.9 Å². The van der Waals surface area contributed by atoms with Crippen LogP contribution in [0.1, 0.15) is 23.8 Å². The molecule has 0 bridgehead atoms. The second kappa shape index (κ2) is 5.69. The zero-order valence-electron chi connectivity index (χ0n) is 10.1. The minimum absolute atomic E-state index is 0.177. The molecule has 2 aromatic rings. The van der Waals surface area contributed by atoms with Gasteiger partial charge in [0.1, 0.15) is 5.69 Å². The molecule has 0 aliphatic carbocycles. The third-order valence-corrected chi connectivity index (χ3v) is 2.87. The first-order valence-corrected chi connectivity index (χ1v) is 6.16. The van der Waals surface area contributed by atoms with Gasteiger partial charge in [0, 0.05) is 18.9 Å². The van der Waals surface area contributed by atoms with Gasteiger partial charge in [0.2, 0.25) is 0 Å². The van der Waals surface area contributed by atoms with Crippen molar-refractivity contribution in [1.82, 2.24) is 9.55 Å². The van der Waals surface area contributed by atoms with Crippen molar-refractivity contribution in [2.75, 3.05) is 5.32 Å². The Balaban J connectivity index is 2.17. The zero-order chi connectivity index (χ0) is 13.0. The number of hydrogen-bond acceptors (Lipinski definition) is 2. The highest BCUT2D eigenvalue weighted by Gasteiger charge is 2.12. The number of carbonyl (C=O) groups is 1. The van der Waals surface area contributed by atoms with E-state index in [9.17, 15) is 4.79 Å². The quantitative estimate of drug-likeness (QED) is 0.921. The maximum atomic E-state index is 12.1. The van der Waals surface area contributed by atoms with Crippen LogP contribution in [0.2, 0.25) is 5.02 Å². The number of nitrogens with zero attached hydrogens (tertiary/aromatic N) is 2. The Kier molecular flexibility index (Phi) is 3.99. The minimum Gasteiger partial charge on any atom is -0.344 e. The average Bonchev–Trinajstić information content (AvgIpc) is 2.81. The van der Waals surface area contributed by atoms with Gasteiger partial charge in [-0.3, -0.25) is 9.78 Å². The molecule has 0 aromatic carbocycles. The molecular formula is C13H14ClN3O. The predicted octanol–water partition coefficient (Wildman–Crippen LogP) is 3.20. The lowest BCUT2D eigenvalue weighted by molar-refractivity contribution is 0.101.